The zero-order chi connectivity index (χ0) is 25.4. The van der Waals surface area contributed by atoms with Gasteiger partial charge in [-0.3, -0.25) is 14.5 Å². The number of ether oxygens (including phenoxy) is 1. The Morgan fingerprint density at radius 1 is 1.03 bits per heavy atom. The number of para-hydroxylation sites is 1. The van der Waals surface area contributed by atoms with Crippen LogP contribution >= 0.6 is 11.6 Å². The summed E-state index contributed by atoms with van der Waals surface area (Å²) >= 11 is 6.00. The molecule has 0 radical (unpaired) electrons. The summed E-state index contributed by atoms with van der Waals surface area (Å²) in [6.07, 6.45) is 0. The smallest absolute Gasteiger partial charge is 0.250 e. The van der Waals surface area contributed by atoms with Gasteiger partial charge in [-0.2, -0.15) is 0 Å². The number of likely N-dealkylation sites (N-methyl/N-ethyl adjacent to an activating group) is 1. The number of benzene rings is 3. The Morgan fingerprint density at radius 2 is 1.71 bits per heavy atom. The maximum Gasteiger partial charge on any atom is 0.250 e. The van der Waals surface area contributed by atoms with Crippen LogP contribution < -0.4 is 15.4 Å². The number of carbonyl (C=O) groups excluding carboxylic acids is 2. The number of nitrogens with two attached hydrogens (primary N) is 1. The van der Waals surface area contributed by atoms with Crippen LogP contribution in [-0.2, 0) is 9.59 Å². The Balaban J connectivity index is 2.08. The molecule has 2 amide bonds. The lowest BCUT2D eigenvalue weighted by molar-refractivity contribution is -0.134. The van der Waals surface area contributed by atoms with E-state index in [1.807, 2.05) is 44.2 Å². The van der Waals surface area contributed by atoms with E-state index in [1.54, 1.807) is 23.1 Å². The molecular formula is C27H29ClFN3O3. The van der Waals surface area contributed by atoms with Crippen molar-refractivity contribution in [3.05, 3.63) is 89.7 Å². The van der Waals surface area contributed by atoms with E-state index in [0.717, 1.165) is 0 Å². The van der Waals surface area contributed by atoms with Crippen molar-refractivity contribution in [1.82, 2.24) is 4.90 Å². The summed E-state index contributed by atoms with van der Waals surface area (Å²) < 4.78 is 19.6. The van der Waals surface area contributed by atoms with Crippen LogP contribution in [0.4, 0.5) is 10.1 Å². The number of aryl methyl sites for hydroxylation is 1. The van der Waals surface area contributed by atoms with Crippen molar-refractivity contribution >= 4 is 29.1 Å². The summed E-state index contributed by atoms with van der Waals surface area (Å²) in [6, 6.07) is 19.1. The average molecular weight is 498 g/mol. The molecule has 1 unspecified atom stereocenters. The third-order valence-corrected chi connectivity index (χ3v) is 5.79. The quantitative estimate of drug-likeness (QED) is 0.398. The van der Waals surface area contributed by atoms with Crippen molar-refractivity contribution in [3.8, 4) is 11.5 Å². The van der Waals surface area contributed by atoms with Crippen LogP contribution in [0.25, 0.3) is 0 Å². The zero-order valence-electron chi connectivity index (χ0n) is 19.8. The number of anilines is 1. The minimum absolute atomic E-state index is 0.268. The summed E-state index contributed by atoms with van der Waals surface area (Å²) in [4.78, 5) is 29.9. The zero-order valence-corrected chi connectivity index (χ0v) is 20.5. The van der Waals surface area contributed by atoms with E-state index in [1.165, 1.54) is 29.2 Å². The number of alkyl halides is 1. The van der Waals surface area contributed by atoms with Crippen LogP contribution in [0, 0.1) is 12.7 Å². The van der Waals surface area contributed by atoms with Crippen LogP contribution in [0.1, 0.15) is 24.1 Å². The molecule has 8 heteroatoms. The molecule has 0 aliphatic rings. The van der Waals surface area contributed by atoms with Crippen molar-refractivity contribution in [2.75, 3.05) is 30.4 Å². The highest BCUT2D eigenvalue weighted by Gasteiger charge is 2.35. The fourth-order valence-corrected chi connectivity index (χ4v) is 4.00. The first-order valence-electron chi connectivity index (χ1n) is 11.4. The standard InChI is InChI=1S/C27H29ClFN3O3/c1-3-31(16-15-30)27(34)26(20-9-11-21(29)12-10-20)32(25(33)18-28)24-14-13-23(17-19(24)2)35-22-7-5-4-6-8-22/h4-14,17,26H,3,15-16,18,30H2,1-2H3. The molecule has 3 aromatic carbocycles. The third-order valence-electron chi connectivity index (χ3n) is 5.56. The molecule has 0 aliphatic carbocycles. The average Bonchev–Trinajstić information content (AvgIpc) is 2.87. The van der Waals surface area contributed by atoms with E-state index in [-0.39, 0.29) is 18.3 Å². The fraction of sp³-hybridized carbons (Fsp3) is 0.259. The predicted octanol–water partition coefficient (Wildman–Crippen LogP) is 5.05. The number of carbonyl (C=O) groups is 2. The maximum absolute atomic E-state index is 13.7. The SMILES string of the molecule is CCN(CCN)C(=O)C(c1ccc(F)cc1)N(C(=O)CCl)c1ccc(Oc2ccccc2)cc1C. The van der Waals surface area contributed by atoms with Gasteiger partial charge in [0.15, 0.2) is 0 Å². The summed E-state index contributed by atoms with van der Waals surface area (Å²) in [5.74, 6) is -0.310. The Morgan fingerprint density at radius 3 is 2.29 bits per heavy atom. The van der Waals surface area contributed by atoms with Gasteiger partial charge in [0.25, 0.3) is 0 Å². The van der Waals surface area contributed by atoms with Crippen LogP contribution in [-0.4, -0.2) is 42.2 Å². The van der Waals surface area contributed by atoms with Crippen LogP contribution in [0.2, 0.25) is 0 Å². The van der Waals surface area contributed by atoms with E-state index in [0.29, 0.717) is 41.4 Å². The van der Waals surface area contributed by atoms with Gasteiger partial charge >= 0.3 is 0 Å². The van der Waals surface area contributed by atoms with Crippen LogP contribution in [0.5, 0.6) is 11.5 Å². The normalized spacial score (nSPS) is 11.6. The van der Waals surface area contributed by atoms with Gasteiger partial charge in [0.05, 0.1) is 0 Å². The molecule has 1 atom stereocenters. The van der Waals surface area contributed by atoms with Gasteiger partial charge in [-0.15, -0.1) is 11.6 Å². The topological polar surface area (TPSA) is 75.9 Å². The molecule has 6 nitrogen and oxygen atoms in total. The Kier molecular flexibility index (Phi) is 9.23. The van der Waals surface area contributed by atoms with Gasteiger partial charge < -0.3 is 15.4 Å². The lowest BCUT2D eigenvalue weighted by Crippen LogP contribution is -2.47. The van der Waals surface area contributed by atoms with Crippen molar-refractivity contribution < 1.29 is 18.7 Å². The molecule has 0 aliphatic heterocycles. The second kappa shape index (κ2) is 12.3. The van der Waals surface area contributed by atoms with E-state index in [4.69, 9.17) is 22.1 Å². The molecule has 0 heterocycles. The first-order chi connectivity index (χ1) is 16.9. The molecule has 0 spiro atoms. The second-order valence-electron chi connectivity index (χ2n) is 7.92. The van der Waals surface area contributed by atoms with Crippen molar-refractivity contribution in [1.29, 1.82) is 0 Å². The largest absolute Gasteiger partial charge is 0.457 e. The van der Waals surface area contributed by atoms with Gasteiger partial charge in [-0.05, 0) is 67.4 Å². The minimum Gasteiger partial charge on any atom is -0.457 e. The van der Waals surface area contributed by atoms with Crippen molar-refractivity contribution in [2.24, 2.45) is 5.73 Å². The fourth-order valence-electron chi connectivity index (χ4n) is 3.87. The van der Waals surface area contributed by atoms with Gasteiger partial charge in [0.1, 0.15) is 29.2 Å². The van der Waals surface area contributed by atoms with E-state index < -0.39 is 17.8 Å². The van der Waals surface area contributed by atoms with Crippen LogP contribution in [0.15, 0.2) is 72.8 Å². The first kappa shape index (κ1) is 26.2. The van der Waals surface area contributed by atoms with Gasteiger partial charge in [-0.25, -0.2) is 4.39 Å². The van der Waals surface area contributed by atoms with Gasteiger partial charge in [0.2, 0.25) is 11.8 Å². The first-order valence-corrected chi connectivity index (χ1v) is 11.9. The molecule has 3 aromatic rings. The highest BCUT2D eigenvalue weighted by Crippen LogP contribution is 2.35. The maximum atomic E-state index is 13.7. The number of nitrogens with zero attached hydrogens (tertiary/aromatic N) is 2. The van der Waals surface area contributed by atoms with Gasteiger partial charge in [-0.1, -0.05) is 30.3 Å². The summed E-state index contributed by atoms with van der Waals surface area (Å²) in [6.45, 7) is 4.65. The molecule has 0 bridgehead atoms. The number of rotatable bonds is 10. The minimum atomic E-state index is -1.05. The molecule has 0 saturated heterocycles. The molecule has 0 aromatic heterocycles. The van der Waals surface area contributed by atoms with Gasteiger partial charge in [0, 0.05) is 25.3 Å². The summed E-state index contributed by atoms with van der Waals surface area (Å²) in [5, 5.41) is 0. The summed E-state index contributed by atoms with van der Waals surface area (Å²) in [7, 11) is 0. The van der Waals surface area contributed by atoms with Crippen molar-refractivity contribution in [3.63, 3.8) is 0 Å². The molecule has 184 valence electrons. The van der Waals surface area contributed by atoms with E-state index in [9.17, 15) is 14.0 Å². The highest BCUT2D eigenvalue weighted by atomic mass is 35.5. The number of amides is 2. The number of hydrogen-bond acceptors (Lipinski definition) is 4. The number of hydrogen-bond donors (Lipinski definition) is 1. The predicted molar refractivity (Wildman–Crippen MR) is 136 cm³/mol. The monoisotopic (exact) mass is 497 g/mol. The second-order valence-corrected chi connectivity index (χ2v) is 8.19. The Labute approximate surface area is 210 Å². The Hall–Kier alpha value is -3.42. The molecule has 3 rings (SSSR count). The van der Waals surface area contributed by atoms with E-state index in [2.05, 4.69) is 0 Å². The molecule has 0 saturated carbocycles. The third kappa shape index (κ3) is 6.38. The lowest BCUT2D eigenvalue weighted by atomic mass is 10.0. The number of halogens is 2. The van der Waals surface area contributed by atoms with E-state index >= 15 is 0 Å². The highest BCUT2D eigenvalue weighted by molar-refractivity contribution is 6.30. The molecular weight excluding hydrogens is 469 g/mol. The Bertz CT molecular complexity index is 1140. The lowest BCUT2D eigenvalue weighted by Gasteiger charge is -2.35. The summed E-state index contributed by atoms with van der Waals surface area (Å²) in [5.41, 5.74) is 7.40. The molecule has 35 heavy (non-hydrogen) atoms. The molecule has 2 N–H and O–H groups in total. The molecule has 0 fully saturated rings. The van der Waals surface area contributed by atoms with Crippen molar-refractivity contribution in [2.45, 2.75) is 19.9 Å². The van der Waals surface area contributed by atoms with Crippen LogP contribution in [0.3, 0.4) is 0 Å².